The predicted molar refractivity (Wildman–Crippen MR) is 78.3 cm³/mol. The highest BCUT2D eigenvalue weighted by Gasteiger charge is 1.99. The minimum Gasteiger partial charge on any atom is -0.382 e. The summed E-state index contributed by atoms with van der Waals surface area (Å²) in [6, 6.07) is 6.00. The van der Waals surface area contributed by atoms with Gasteiger partial charge in [-0.15, -0.1) is 0 Å². The van der Waals surface area contributed by atoms with Gasteiger partial charge in [0.1, 0.15) is 0 Å². The Morgan fingerprint density at radius 2 is 2.21 bits per heavy atom. The second kappa shape index (κ2) is 9.33. The molecule has 0 aromatic carbocycles. The van der Waals surface area contributed by atoms with E-state index in [1.165, 1.54) is 0 Å². The van der Waals surface area contributed by atoms with Crippen molar-refractivity contribution in [2.45, 2.75) is 26.8 Å². The van der Waals surface area contributed by atoms with Gasteiger partial charge in [-0.3, -0.25) is 9.98 Å². The SMILES string of the molecule is CCOCCCNC(=NC)NCc1cccc(C)n1. The van der Waals surface area contributed by atoms with Crippen LogP contribution >= 0.6 is 0 Å². The van der Waals surface area contributed by atoms with E-state index in [2.05, 4.69) is 20.6 Å². The summed E-state index contributed by atoms with van der Waals surface area (Å²) in [5.41, 5.74) is 2.04. The molecule has 1 heterocycles. The first-order valence-electron chi connectivity index (χ1n) is 6.71. The van der Waals surface area contributed by atoms with Crippen LogP contribution in [0.4, 0.5) is 0 Å². The summed E-state index contributed by atoms with van der Waals surface area (Å²) in [7, 11) is 1.77. The molecule has 0 atom stereocenters. The summed E-state index contributed by atoms with van der Waals surface area (Å²) < 4.78 is 5.28. The van der Waals surface area contributed by atoms with Crippen molar-refractivity contribution in [3.8, 4) is 0 Å². The zero-order valence-corrected chi connectivity index (χ0v) is 12.1. The molecule has 1 rings (SSSR count). The lowest BCUT2D eigenvalue weighted by molar-refractivity contribution is 0.145. The van der Waals surface area contributed by atoms with Gasteiger partial charge >= 0.3 is 0 Å². The summed E-state index contributed by atoms with van der Waals surface area (Å²) in [4.78, 5) is 8.60. The highest BCUT2D eigenvalue weighted by atomic mass is 16.5. The molecule has 0 bridgehead atoms. The summed E-state index contributed by atoms with van der Waals surface area (Å²) in [5, 5.41) is 6.48. The van der Waals surface area contributed by atoms with Gasteiger partial charge in [0.15, 0.2) is 5.96 Å². The molecule has 0 radical (unpaired) electrons. The highest BCUT2D eigenvalue weighted by Crippen LogP contribution is 1.97. The Kier molecular flexibility index (Phi) is 7.58. The lowest BCUT2D eigenvalue weighted by atomic mass is 10.3. The summed E-state index contributed by atoms with van der Waals surface area (Å²) in [5.74, 6) is 0.791. The standard InChI is InChI=1S/C14H24N4O/c1-4-19-10-6-9-16-14(15-3)17-11-13-8-5-7-12(2)18-13/h5,7-8H,4,6,9-11H2,1-3H3,(H2,15,16,17). The van der Waals surface area contributed by atoms with Crippen LogP contribution in [0, 0.1) is 6.92 Å². The van der Waals surface area contributed by atoms with E-state index < -0.39 is 0 Å². The summed E-state index contributed by atoms with van der Waals surface area (Å²) >= 11 is 0. The molecule has 0 unspecified atom stereocenters. The van der Waals surface area contributed by atoms with Crippen LogP contribution in [0.25, 0.3) is 0 Å². The Hall–Kier alpha value is -1.62. The van der Waals surface area contributed by atoms with Crippen LogP contribution in [-0.4, -0.2) is 37.7 Å². The average Bonchev–Trinajstić information content (AvgIpc) is 2.42. The minimum atomic E-state index is 0.673. The number of ether oxygens (including phenoxy) is 1. The maximum atomic E-state index is 5.28. The number of pyridine rings is 1. The Morgan fingerprint density at radius 1 is 1.37 bits per heavy atom. The molecule has 0 amide bonds. The Labute approximate surface area is 115 Å². The van der Waals surface area contributed by atoms with Crippen molar-refractivity contribution < 1.29 is 4.74 Å². The van der Waals surface area contributed by atoms with Crippen LogP contribution < -0.4 is 10.6 Å². The van der Waals surface area contributed by atoms with Crippen LogP contribution in [0.2, 0.25) is 0 Å². The molecule has 1 aromatic rings. The van der Waals surface area contributed by atoms with E-state index in [1.54, 1.807) is 7.05 Å². The maximum absolute atomic E-state index is 5.28. The third-order valence-electron chi connectivity index (χ3n) is 2.57. The molecular weight excluding hydrogens is 240 g/mol. The molecule has 1 aromatic heterocycles. The molecule has 2 N–H and O–H groups in total. The fraction of sp³-hybridized carbons (Fsp3) is 0.571. The van der Waals surface area contributed by atoms with Gasteiger partial charge in [-0.25, -0.2) is 0 Å². The molecule has 5 heteroatoms. The smallest absolute Gasteiger partial charge is 0.191 e. The van der Waals surface area contributed by atoms with Crippen LogP contribution in [0.3, 0.4) is 0 Å². The van der Waals surface area contributed by atoms with Gasteiger partial charge in [0.25, 0.3) is 0 Å². The number of rotatable bonds is 7. The summed E-state index contributed by atoms with van der Waals surface area (Å²) in [6.45, 7) is 7.06. The van der Waals surface area contributed by atoms with E-state index in [9.17, 15) is 0 Å². The van der Waals surface area contributed by atoms with Crippen LogP contribution in [-0.2, 0) is 11.3 Å². The third kappa shape index (κ3) is 6.76. The minimum absolute atomic E-state index is 0.673. The third-order valence-corrected chi connectivity index (χ3v) is 2.57. The topological polar surface area (TPSA) is 58.5 Å². The van der Waals surface area contributed by atoms with E-state index >= 15 is 0 Å². The Balaban J connectivity index is 2.25. The lowest BCUT2D eigenvalue weighted by Crippen LogP contribution is -2.37. The maximum Gasteiger partial charge on any atom is 0.191 e. The predicted octanol–water partition coefficient (Wildman–Crippen LogP) is 1.48. The Bertz CT molecular complexity index is 393. The first-order valence-corrected chi connectivity index (χ1v) is 6.71. The molecular formula is C14H24N4O. The van der Waals surface area contributed by atoms with Crippen LogP contribution in [0.1, 0.15) is 24.7 Å². The van der Waals surface area contributed by atoms with Gasteiger partial charge in [-0.05, 0) is 32.4 Å². The first-order chi connectivity index (χ1) is 9.26. The van der Waals surface area contributed by atoms with Crippen molar-refractivity contribution in [2.24, 2.45) is 4.99 Å². The number of hydrogen-bond acceptors (Lipinski definition) is 3. The zero-order chi connectivity index (χ0) is 13.9. The van der Waals surface area contributed by atoms with E-state index in [-0.39, 0.29) is 0 Å². The van der Waals surface area contributed by atoms with E-state index in [0.717, 1.165) is 43.5 Å². The van der Waals surface area contributed by atoms with E-state index in [0.29, 0.717) is 6.54 Å². The summed E-state index contributed by atoms with van der Waals surface area (Å²) in [6.07, 6.45) is 0.969. The van der Waals surface area contributed by atoms with Crippen molar-refractivity contribution in [3.05, 3.63) is 29.6 Å². The van der Waals surface area contributed by atoms with Crippen molar-refractivity contribution in [1.82, 2.24) is 15.6 Å². The van der Waals surface area contributed by atoms with Crippen molar-refractivity contribution in [1.29, 1.82) is 0 Å². The lowest BCUT2D eigenvalue weighted by Gasteiger charge is -2.11. The molecule has 0 saturated carbocycles. The normalized spacial score (nSPS) is 11.4. The first kappa shape index (κ1) is 15.4. The molecule has 0 fully saturated rings. The zero-order valence-electron chi connectivity index (χ0n) is 12.1. The van der Waals surface area contributed by atoms with Crippen LogP contribution in [0.15, 0.2) is 23.2 Å². The average molecular weight is 264 g/mol. The fourth-order valence-electron chi connectivity index (χ4n) is 1.62. The number of aromatic nitrogens is 1. The number of hydrogen-bond donors (Lipinski definition) is 2. The molecule has 19 heavy (non-hydrogen) atoms. The monoisotopic (exact) mass is 264 g/mol. The molecule has 5 nitrogen and oxygen atoms in total. The number of nitrogens with zero attached hydrogens (tertiary/aromatic N) is 2. The Morgan fingerprint density at radius 3 is 2.89 bits per heavy atom. The van der Waals surface area contributed by atoms with Crippen molar-refractivity contribution in [3.63, 3.8) is 0 Å². The van der Waals surface area contributed by atoms with Gasteiger partial charge in [0, 0.05) is 32.5 Å². The molecule has 0 aliphatic carbocycles. The molecule has 0 spiro atoms. The quantitative estimate of drug-likeness (QED) is 0.445. The van der Waals surface area contributed by atoms with Crippen molar-refractivity contribution in [2.75, 3.05) is 26.8 Å². The number of aryl methyl sites for hydroxylation is 1. The van der Waals surface area contributed by atoms with Gasteiger partial charge in [-0.2, -0.15) is 0 Å². The van der Waals surface area contributed by atoms with Gasteiger partial charge < -0.3 is 15.4 Å². The second-order valence-corrected chi connectivity index (χ2v) is 4.17. The fourth-order valence-corrected chi connectivity index (χ4v) is 1.62. The number of nitrogens with one attached hydrogen (secondary N) is 2. The highest BCUT2D eigenvalue weighted by molar-refractivity contribution is 5.79. The molecule has 0 aliphatic heterocycles. The van der Waals surface area contributed by atoms with Crippen molar-refractivity contribution >= 4 is 5.96 Å². The largest absolute Gasteiger partial charge is 0.382 e. The number of guanidine groups is 1. The van der Waals surface area contributed by atoms with Gasteiger partial charge in [0.2, 0.25) is 0 Å². The molecule has 0 aliphatic rings. The molecule has 106 valence electrons. The second-order valence-electron chi connectivity index (χ2n) is 4.17. The van der Waals surface area contributed by atoms with Gasteiger partial charge in [0.05, 0.1) is 12.2 Å². The number of aliphatic imine (C=N–C) groups is 1. The van der Waals surface area contributed by atoms with E-state index in [4.69, 9.17) is 4.74 Å². The van der Waals surface area contributed by atoms with E-state index in [1.807, 2.05) is 32.0 Å². The van der Waals surface area contributed by atoms with Crippen LogP contribution in [0.5, 0.6) is 0 Å². The van der Waals surface area contributed by atoms with Gasteiger partial charge in [-0.1, -0.05) is 6.07 Å². The molecule has 0 saturated heterocycles.